The largest absolute Gasteiger partial charge is 0.394 e. The van der Waals surface area contributed by atoms with Crippen LogP contribution < -0.4 is 11.2 Å². The van der Waals surface area contributed by atoms with E-state index in [-0.39, 0.29) is 23.7 Å². The first-order chi connectivity index (χ1) is 13.9. The number of aliphatic imine (C=N–C) groups is 1. The summed E-state index contributed by atoms with van der Waals surface area (Å²) in [5.74, 6) is 5.45. The van der Waals surface area contributed by atoms with Crippen molar-refractivity contribution in [1.82, 2.24) is 15.1 Å². The fourth-order valence-electron chi connectivity index (χ4n) is 4.62. The second-order valence-electron chi connectivity index (χ2n) is 8.24. The highest BCUT2D eigenvalue weighted by Crippen LogP contribution is 2.45. The van der Waals surface area contributed by atoms with Gasteiger partial charge in [0.05, 0.1) is 30.9 Å². The molecule has 2 fully saturated rings. The number of nitrogens with one attached hydrogen (secondary N) is 1. The van der Waals surface area contributed by atoms with Crippen LogP contribution in [0.15, 0.2) is 40.4 Å². The summed E-state index contributed by atoms with van der Waals surface area (Å²) in [5, 5.41) is 15.8. The van der Waals surface area contributed by atoms with E-state index in [2.05, 4.69) is 58.7 Å². The molecule has 1 aliphatic carbocycles. The molecule has 29 heavy (non-hydrogen) atoms. The van der Waals surface area contributed by atoms with Gasteiger partial charge >= 0.3 is 6.03 Å². The molecule has 2 amide bonds. The number of aliphatic hydroxyl groups excluding tert-OH is 1. The zero-order chi connectivity index (χ0) is 20.9. The van der Waals surface area contributed by atoms with Crippen molar-refractivity contribution in [3.8, 4) is 0 Å². The molecular weight excluding hydrogens is 368 g/mol. The zero-order valence-electron chi connectivity index (χ0n) is 17.3. The van der Waals surface area contributed by atoms with Crippen molar-refractivity contribution in [3.63, 3.8) is 0 Å². The maximum absolute atomic E-state index is 12.6. The van der Waals surface area contributed by atoms with Gasteiger partial charge in [-0.15, -0.1) is 0 Å². The van der Waals surface area contributed by atoms with Crippen molar-refractivity contribution in [2.24, 2.45) is 15.9 Å². The number of amides is 2. The number of hydrogen-bond donors (Lipinski definition) is 3. The average molecular weight is 401 g/mol. The van der Waals surface area contributed by atoms with Crippen LogP contribution in [0.4, 0.5) is 4.79 Å². The van der Waals surface area contributed by atoms with E-state index in [1.807, 2.05) is 6.07 Å². The van der Waals surface area contributed by atoms with Gasteiger partial charge in [0.1, 0.15) is 0 Å². The molecule has 8 heteroatoms. The molecule has 8 nitrogen and oxygen atoms in total. The molecule has 1 aromatic rings. The molecule has 0 aromatic heterocycles. The van der Waals surface area contributed by atoms with Gasteiger partial charge < -0.3 is 21.2 Å². The van der Waals surface area contributed by atoms with Gasteiger partial charge in [-0.1, -0.05) is 30.3 Å². The van der Waals surface area contributed by atoms with Crippen LogP contribution in [0.2, 0.25) is 0 Å². The third-order valence-corrected chi connectivity index (χ3v) is 6.34. The van der Waals surface area contributed by atoms with Crippen LogP contribution in [-0.2, 0) is 5.54 Å². The molecule has 2 aliphatic rings. The molecule has 1 aliphatic heterocycles. The Morgan fingerprint density at radius 1 is 1.28 bits per heavy atom. The minimum absolute atomic E-state index is 0.00845. The number of hydrazone groups is 1. The molecule has 1 saturated heterocycles. The minimum Gasteiger partial charge on any atom is -0.394 e. The maximum Gasteiger partial charge on any atom is 0.318 e. The summed E-state index contributed by atoms with van der Waals surface area (Å²) in [5.41, 5.74) is 1.63. The van der Waals surface area contributed by atoms with Crippen molar-refractivity contribution in [2.45, 2.75) is 36.8 Å². The molecule has 1 spiro atoms. The number of hydrogen-bond acceptors (Lipinski definition) is 6. The van der Waals surface area contributed by atoms with Gasteiger partial charge in [0.25, 0.3) is 0 Å². The monoisotopic (exact) mass is 400 g/mol. The third-order valence-electron chi connectivity index (χ3n) is 6.34. The number of benzene rings is 1. The van der Waals surface area contributed by atoms with E-state index in [9.17, 15) is 4.79 Å². The smallest absolute Gasteiger partial charge is 0.318 e. The number of urea groups is 1. The number of rotatable bonds is 7. The predicted molar refractivity (Wildman–Crippen MR) is 115 cm³/mol. The van der Waals surface area contributed by atoms with E-state index in [0.29, 0.717) is 25.3 Å². The summed E-state index contributed by atoms with van der Waals surface area (Å²) in [6, 6.07) is 10.6. The van der Waals surface area contributed by atoms with E-state index >= 15 is 0 Å². The molecule has 158 valence electrons. The van der Waals surface area contributed by atoms with E-state index in [1.54, 1.807) is 4.90 Å². The van der Waals surface area contributed by atoms with Gasteiger partial charge in [0.15, 0.2) is 0 Å². The van der Waals surface area contributed by atoms with Gasteiger partial charge in [0, 0.05) is 18.3 Å². The van der Waals surface area contributed by atoms with Crippen molar-refractivity contribution in [2.75, 3.05) is 40.3 Å². The van der Waals surface area contributed by atoms with Gasteiger partial charge in [-0.3, -0.25) is 9.89 Å². The molecular formula is C21H32N6O2. The number of aliphatic hydroxyl groups is 1. The lowest BCUT2D eigenvalue weighted by molar-refractivity contribution is 0.0624. The Balaban J connectivity index is 1.68. The highest BCUT2D eigenvalue weighted by molar-refractivity contribution is 6.31. The van der Waals surface area contributed by atoms with E-state index < -0.39 is 0 Å². The third kappa shape index (κ3) is 4.43. The molecule has 1 heterocycles. The molecule has 4 N–H and O–H groups in total. The first kappa shape index (κ1) is 21.3. The summed E-state index contributed by atoms with van der Waals surface area (Å²) in [6.07, 6.45) is 5.32. The van der Waals surface area contributed by atoms with Gasteiger partial charge in [-0.2, -0.15) is 5.10 Å². The standard InChI is InChI=1S/C21H32N6O2/c1-26(2)21(17-6-4-3-5-7-17)10-8-20(9-11-21)16-27(19(29)24-20)15-18(25-22)14-23-12-13-28/h3-7,14,28H,8-13,15-16,22H2,1-2H3,(H,24,29). The normalized spacial score (nSPS) is 27.9. The zero-order valence-corrected chi connectivity index (χ0v) is 17.3. The molecule has 3 rings (SSSR count). The van der Waals surface area contributed by atoms with Crippen molar-refractivity contribution in [3.05, 3.63) is 35.9 Å². The fourth-order valence-corrected chi connectivity index (χ4v) is 4.62. The van der Waals surface area contributed by atoms with Gasteiger partial charge in [0.2, 0.25) is 0 Å². The summed E-state index contributed by atoms with van der Waals surface area (Å²) < 4.78 is 0. The second kappa shape index (κ2) is 8.92. The lowest BCUT2D eigenvalue weighted by Gasteiger charge is -2.48. The first-order valence-corrected chi connectivity index (χ1v) is 10.1. The average Bonchev–Trinajstić information content (AvgIpc) is 3.03. The topological polar surface area (TPSA) is 107 Å². The number of nitrogens with two attached hydrogens (primary N) is 1. The Kier molecular flexibility index (Phi) is 6.54. The molecule has 0 atom stereocenters. The van der Waals surface area contributed by atoms with Crippen LogP contribution in [-0.4, -0.2) is 78.7 Å². The summed E-state index contributed by atoms with van der Waals surface area (Å²) in [7, 11) is 4.28. The van der Waals surface area contributed by atoms with Crippen LogP contribution in [0, 0.1) is 0 Å². The van der Waals surface area contributed by atoms with Crippen LogP contribution in [0.25, 0.3) is 0 Å². The van der Waals surface area contributed by atoms with Gasteiger partial charge in [-0.05, 0) is 45.3 Å². The molecule has 1 saturated carbocycles. The minimum atomic E-state index is -0.215. The van der Waals surface area contributed by atoms with Crippen molar-refractivity contribution < 1.29 is 9.90 Å². The Morgan fingerprint density at radius 2 is 1.97 bits per heavy atom. The maximum atomic E-state index is 12.6. The Labute approximate surface area is 172 Å². The summed E-state index contributed by atoms with van der Waals surface area (Å²) in [4.78, 5) is 20.7. The van der Waals surface area contributed by atoms with E-state index in [1.165, 1.54) is 11.8 Å². The number of nitrogens with zero attached hydrogens (tertiary/aromatic N) is 4. The van der Waals surface area contributed by atoms with E-state index in [0.717, 1.165) is 25.7 Å². The summed E-state index contributed by atoms with van der Waals surface area (Å²) in [6.45, 7) is 1.21. The molecule has 0 unspecified atom stereocenters. The lowest BCUT2D eigenvalue weighted by Crippen LogP contribution is -2.54. The molecule has 0 bridgehead atoms. The molecule has 1 aromatic carbocycles. The fraction of sp³-hybridized carbons (Fsp3) is 0.571. The van der Waals surface area contributed by atoms with Crippen molar-refractivity contribution >= 4 is 18.0 Å². The van der Waals surface area contributed by atoms with Crippen LogP contribution in [0.1, 0.15) is 31.2 Å². The lowest BCUT2D eigenvalue weighted by atomic mass is 9.69. The Morgan fingerprint density at radius 3 is 2.55 bits per heavy atom. The Hall–Kier alpha value is -2.45. The van der Waals surface area contributed by atoms with Crippen LogP contribution >= 0.6 is 0 Å². The van der Waals surface area contributed by atoms with Gasteiger partial charge in [-0.25, -0.2) is 4.79 Å². The van der Waals surface area contributed by atoms with Crippen LogP contribution in [0.3, 0.4) is 0 Å². The second-order valence-corrected chi connectivity index (χ2v) is 8.24. The quantitative estimate of drug-likeness (QED) is 0.363. The predicted octanol–water partition coefficient (Wildman–Crippen LogP) is 1.16. The first-order valence-electron chi connectivity index (χ1n) is 10.1. The molecule has 0 radical (unpaired) electrons. The number of carbonyl (C=O) groups is 1. The number of carbonyl (C=O) groups excluding carboxylic acids is 1. The van der Waals surface area contributed by atoms with Crippen LogP contribution in [0.5, 0.6) is 0 Å². The highest BCUT2D eigenvalue weighted by Gasteiger charge is 2.50. The highest BCUT2D eigenvalue weighted by atomic mass is 16.3. The van der Waals surface area contributed by atoms with E-state index in [4.69, 9.17) is 10.9 Å². The summed E-state index contributed by atoms with van der Waals surface area (Å²) >= 11 is 0. The Bertz CT molecular complexity index is 754. The van der Waals surface area contributed by atoms with Crippen molar-refractivity contribution in [1.29, 1.82) is 0 Å². The SMILES string of the molecule is CN(C)C1(c2ccccc2)CCC2(CC1)CN(CC(C=NCCO)=NN)C(=O)N2.